The highest BCUT2D eigenvalue weighted by molar-refractivity contribution is 7.89. The van der Waals surface area contributed by atoms with Gasteiger partial charge in [0.1, 0.15) is 11.6 Å². The maximum atomic E-state index is 14.2. The third-order valence-corrected chi connectivity index (χ3v) is 7.84. The van der Waals surface area contributed by atoms with Crippen molar-refractivity contribution in [1.82, 2.24) is 9.62 Å². The summed E-state index contributed by atoms with van der Waals surface area (Å²) in [6.45, 7) is -0.0305. The van der Waals surface area contributed by atoms with Gasteiger partial charge in [-0.1, -0.05) is 6.07 Å². The average Bonchev–Trinajstić information content (AvgIpc) is 2.88. The van der Waals surface area contributed by atoms with Crippen molar-refractivity contribution in [1.29, 1.82) is 0 Å². The van der Waals surface area contributed by atoms with Crippen LogP contribution in [0.3, 0.4) is 0 Å². The minimum atomic E-state index is -3.69. The van der Waals surface area contributed by atoms with Gasteiger partial charge in [-0.25, -0.2) is 22.4 Å². The number of hydrogen-bond acceptors (Lipinski definition) is 7. The molecule has 1 aliphatic rings. The highest BCUT2D eigenvalue weighted by Gasteiger charge is 2.32. The van der Waals surface area contributed by atoms with E-state index in [-0.39, 0.29) is 35.0 Å². The third kappa shape index (κ3) is 7.61. The summed E-state index contributed by atoms with van der Waals surface area (Å²) in [5, 5.41) is 13.7. The van der Waals surface area contributed by atoms with Crippen molar-refractivity contribution in [3.8, 4) is 5.75 Å². The number of aliphatic carboxylic acids is 1. The Morgan fingerprint density at radius 3 is 2.32 bits per heavy atom. The van der Waals surface area contributed by atoms with E-state index in [0.717, 1.165) is 6.07 Å². The van der Waals surface area contributed by atoms with E-state index in [2.05, 4.69) is 10.6 Å². The number of carboxylic acid groups (broad SMARTS) is 1. The normalized spacial score (nSPS) is 14.9. The number of hydrogen-bond donors (Lipinski definition) is 3. The lowest BCUT2D eigenvalue weighted by Gasteiger charge is -2.34. The standard InChI is InChI=1S/C24H30FN3O8S/c1-34-23(35-2)16-9-11-28(12-10-16)37(32,33)20-7-4-18(5-8-20)27-24(31)26-14-17-3-6-19(13-21(17)25)36-15-22(29)30/h3-8,13,16,23H,9-12,14-15H2,1-2H3,(H,29,30)(H2,26,27,31). The summed E-state index contributed by atoms with van der Waals surface area (Å²) in [5.41, 5.74) is 0.529. The van der Waals surface area contributed by atoms with Crippen LogP contribution in [0.15, 0.2) is 47.4 Å². The molecule has 202 valence electrons. The number of piperidine rings is 1. The van der Waals surface area contributed by atoms with Gasteiger partial charge in [0, 0.05) is 57.1 Å². The Morgan fingerprint density at radius 2 is 1.76 bits per heavy atom. The van der Waals surface area contributed by atoms with E-state index in [1.807, 2.05) is 0 Å². The molecule has 0 aliphatic carbocycles. The number of sulfonamides is 1. The van der Waals surface area contributed by atoms with Crippen LogP contribution in [0, 0.1) is 11.7 Å². The number of carbonyl (C=O) groups is 2. The molecule has 1 fully saturated rings. The van der Waals surface area contributed by atoms with Crippen molar-refractivity contribution < 1.29 is 41.7 Å². The molecular formula is C24H30FN3O8S. The summed E-state index contributed by atoms with van der Waals surface area (Å²) in [5.74, 6) is -1.68. The van der Waals surface area contributed by atoms with E-state index in [4.69, 9.17) is 19.3 Å². The first-order valence-electron chi connectivity index (χ1n) is 11.5. The summed E-state index contributed by atoms with van der Waals surface area (Å²) < 4.78 is 57.1. The van der Waals surface area contributed by atoms with Crippen LogP contribution in [0.5, 0.6) is 5.75 Å². The van der Waals surface area contributed by atoms with E-state index in [1.54, 1.807) is 14.2 Å². The quantitative estimate of drug-likeness (QED) is 0.370. The van der Waals surface area contributed by atoms with Gasteiger partial charge in [-0.05, 0) is 43.2 Å². The number of rotatable bonds is 11. The van der Waals surface area contributed by atoms with Gasteiger partial charge in [0.25, 0.3) is 0 Å². The molecule has 1 aliphatic heterocycles. The summed E-state index contributed by atoms with van der Waals surface area (Å²) in [7, 11) is -0.575. The lowest BCUT2D eigenvalue weighted by molar-refractivity contribution is -0.144. The number of carbonyl (C=O) groups excluding carboxylic acids is 1. The van der Waals surface area contributed by atoms with Gasteiger partial charge in [0.15, 0.2) is 12.9 Å². The van der Waals surface area contributed by atoms with Crippen LogP contribution in [0.1, 0.15) is 18.4 Å². The number of urea groups is 1. The number of benzene rings is 2. The molecule has 2 amide bonds. The van der Waals surface area contributed by atoms with E-state index >= 15 is 0 Å². The highest BCUT2D eigenvalue weighted by atomic mass is 32.2. The van der Waals surface area contributed by atoms with E-state index in [1.165, 1.54) is 40.7 Å². The molecule has 0 radical (unpaired) electrons. The van der Waals surface area contributed by atoms with Gasteiger partial charge >= 0.3 is 12.0 Å². The topological polar surface area (TPSA) is 144 Å². The average molecular weight is 540 g/mol. The van der Waals surface area contributed by atoms with Gasteiger partial charge in [0.2, 0.25) is 10.0 Å². The SMILES string of the molecule is COC(OC)C1CCN(S(=O)(=O)c2ccc(NC(=O)NCc3ccc(OCC(=O)O)cc3F)cc2)CC1. The monoisotopic (exact) mass is 539 g/mol. The predicted molar refractivity (Wildman–Crippen MR) is 131 cm³/mol. The zero-order valence-corrected chi connectivity index (χ0v) is 21.3. The maximum absolute atomic E-state index is 14.2. The van der Waals surface area contributed by atoms with Crippen molar-refractivity contribution in [2.45, 2.75) is 30.6 Å². The number of nitrogens with zero attached hydrogens (tertiary/aromatic N) is 1. The van der Waals surface area contributed by atoms with E-state index in [0.29, 0.717) is 31.6 Å². The molecule has 3 N–H and O–H groups in total. The van der Waals surface area contributed by atoms with Crippen molar-refractivity contribution in [2.75, 3.05) is 39.2 Å². The molecule has 0 spiro atoms. The number of ether oxygens (including phenoxy) is 3. The highest BCUT2D eigenvalue weighted by Crippen LogP contribution is 2.27. The van der Waals surface area contributed by atoms with Crippen molar-refractivity contribution in [2.24, 2.45) is 5.92 Å². The maximum Gasteiger partial charge on any atom is 0.341 e. The summed E-state index contributed by atoms with van der Waals surface area (Å²) >= 11 is 0. The van der Waals surface area contributed by atoms with Crippen LogP contribution in [-0.4, -0.2) is 70.0 Å². The predicted octanol–water partition coefficient (Wildman–Crippen LogP) is 2.63. The van der Waals surface area contributed by atoms with Crippen LogP contribution < -0.4 is 15.4 Å². The van der Waals surface area contributed by atoms with Gasteiger partial charge in [-0.15, -0.1) is 0 Å². The van der Waals surface area contributed by atoms with Crippen LogP contribution in [0.25, 0.3) is 0 Å². The number of amides is 2. The smallest absolute Gasteiger partial charge is 0.341 e. The second kappa shape index (κ2) is 12.8. The van der Waals surface area contributed by atoms with Gasteiger partial charge < -0.3 is 30.0 Å². The molecule has 0 unspecified atom stereocenters. The number of methoxy groups -OCH3 is 2. The minimum Gasteiger partial charge on any atom is -0.482 e. The Balaban J connectivity index is 1.52. The largest absolute Gasteiger partial charge is 0.482 e. The summed E-state index contributed by atoms with van der Waals surface area (Å²) in [6, 6.07) is 8.97. The molecule has 2 aromatic carbocycles. The lowest BCUT2D eigenvalue weighted by Crippen LogP contribution is -2.42. The van der Waals surface area contributed by atoms with Crippen LogP contribution in [0.2, 0.25) is 0 Å². The molecule has 0 saturated carbocycles. The van der Waals surface area contributed by atoms with Gasteiger partial charge in [-0.2, -0.15) is 4.31 Å². The number of halogens is 1. The first kappa shape index (κ1) is 28.3. The lowest BCUT2D eigenvalue weighted by atomic mass is 9.97. The molecule has 11 nitrogen and oxygen atoms in total. The molecule has 13 heteroatoms. The van der Waals surface area contributed by atoms with Gasteiger partial charge in [-0.3, -0.25) is 0 Å². The fourth-order valence-electron chi connectivity index (χ4n) is 3.99. The molecule has 0 aromatic heterocycles. The fraction of sp³-hybridized carbons (Fsp3) is 0.417. The second-order valence-electron chi connectivity index (χ2n) is 8.35. The fourth-order valence-corrected chi connectivity index (χ4v) is 5.46. The summed E-state index contributed by atoms with van der Waals surface area (Å²) in [6.07, 6.45) is 0.865. The first-order chi connectivity index (χ1) is 17.6. The molecule has 1 heterocycles. The van der Waals surface area contributed by atoms with Gasteiger partial charge in [0.05, 0.1) is 4.90 Å². The van der Waals surface area contributed by atoms with Crippen LogP contribution in [0.4, 0.5) is 14.9 Å². The minimum absolute atomic E-state index is 0.0571. The zero-order chi connectivity index (χ0) is 27.0. The Labute approximate surface area is 214 Å². The number of nitrogens with one attached hydrogen (secondary N) is 2. The Hall–Kier alpha value is -3.26. The third-order valence-electron chi connectivity index (χ3n) is 5.92. The van der Waals surface area contributed by atoms with Crippen LogP contribution >= 0.6 is 0 Å². The molecule has 2 aromatic rings. The number of anilines is 1. The first-order valence-corrected chi connectivity index (χ1v) is 12.9. The summed E-state index contributed by atoms with van der Waals surface area (Å²) in [4.78, 5) is 22.9. The molecule has 3 rings (SSSR count). The van der Waals surface area contributed by atoms with E-state index < -0.39 is 34.4 Å². The number of carboxylic acids is 1. The van der Waals surface area contributed by atoms with Crippen molar-refractivity contribution >= 4 is 27.7 Å². The van der Waals surface area contributed by atoms with Crippen LogP contribution in [-0.2, 0) is 30.8 Å². The van der Waals surface area contributed by atoms with Crippen molar-refractivity contribution in [3.05, 3.63) is 53.8 Å². The molecule has 0 atom stereocenters. The Morgan fingerprint density at radius 1 is 1.11 bits per heavy atom. The Bertz CT molecular complexity index is 1180. The molecular weight excluding hydrogens is 509 g/mol. The van der Waals surface area contributed by atoms with Crippen molar-refractivity contribution in [3.63, 3.8) is 0 Å². The van der Waals surface area contributed by atoms with E-state index in [9.17, 15) is 22.4 Å². The second-order valence-corrected chi connectivity index (χ2v) is 10.3. The molecule has 0 bridgehead atoms. The Kier molecular flexibility index (Phi) is 9.80. The zero-order valence-electron chi connectivity index (χ0n) is 20.5. The molecule has 1 saturated heterocycles. The molecule has 37 heavy (non-hydrogen) atoms.